The molecule has 0 unspecified atom stereocenters. The molecule has 0 aliphatic carbocycles. The van der Waals surface area contributed by atoms with Crippen LogP contribution in [0.4, 0.5) is 0 Å². The fourth-order valence-corrected chi connectivity index (χ4v) is 2.50. The third-order valence-electron chi connectivity index (χ3n) is 3.87. The van der Waals surface area contributed by atoms with Crippen LogP contribution in [0.15, 0.2) is 24.3 Å². The summed E-state index contributed by atoms with van der Waals surface area (Å²) in [6.45, 7) is 1.91. The molecule has 0 radical (unpaired) electrons. The van der Waals surface area contributed by atoms with Crippen molar-refractivity contribution in [2.75, 3.05) is 19.8 Å². The molecule has 110 valence electrons. The van der Waals surface area contributed by atoms with Crippen LogP contribution >= 0.6 is 0 Å². The molecule has 2 rings (SSSR count). The second kappa shape index (κ2) is 6.83. The Bertz CT molecular complexity index is 455. The standard InChI is InChI=1S/C15H21NO4/c17-11-15(5-7-20-8-6-15)16-10-13-4-2-1-3-12(13)9-14(18)19/h1-4,16-17H,5-11H2,(H,18,19). The number of ether oxygens (including phenoxy) is 1. The van der Waals surface area contributed by atoms with Gasteiger partial charge in [-0.1, -0.05) is 24.3 Å². The number of aliphatic carboxylic acids is 1. The van der Waals surface area contributed by atoms with E-state index in [-0.39, 0.29) is 18.6 Å². The van der Waals surface area contributed by atoms with Crippen molar-refractivity contribution in [3.05, 3.63) is 35.4 Å². The zero-order valence-corrected chi connectivity index (χ0v) is 11.5. The number of carbonyl (C=O) groups is 1. The topological polar surface area (TPSA) is 78.8 Å². The van der Waals surface area contributed by atoms with Crippen LogP contribution in [0.2, 0.25) is 0 Å². The molecule has 0 bridgehead atoms. The van der Waals surface area contributed by atoms with Gasteiger partial charge in [0.15, 0.2) is 0 Å². The van der Waals surface area contributed by atoms with Gasteiger partial charge in [0.05, 0.1) is 13.0 Å². The SMILES string of the molecule is O=C(O)Cc1ccccc1CNC1(CO)CCOCC1. The van der Waals surface area contributed by atoms with Crippen molar-refractivity contribution in [2.24, 2.45) is 0 Å². The predicted molar refractivity (Wildman–Crippen MR) is 74.5 cm³/mol. The van der Waals surface area contributed by atoms with Crippen LogP contribution in [0.5, 0.6) is 0 Å². The van der Waals surface area contributed by atoms with Gasteiger partial charge in [0.1, 0.15) is 0 Å². The van der Waals surface area contributed by atoms with Crippen LogP contribution in [0.3, 0.4) is 0 Å². The number of benzene rings is 1. The minimum atomic E-state index is -0.833. The van der Waals surface area contributed by atoms with Gasteiger partial charge in [-0.05, 0) is 24.0 Å². The van der Waals surface area contributed by atoms with Gasteiger partial charge in [0, 0.05) is 25.3 Å². The Hall–Kier alpha value is -1.43. The summed E-state index contributed by atoms with van der Waals surface area (Å²) >= 11 is 0. The normalized spacial score (nSPS) is 17.9. The number of carboxylic acids is 1. The lowest BCUT2D eigenvalue weighted by molar-refractivity contribution is -0.136. The highest BCUT2D eigenvalue weighted by atomic mass is 16.5. The van der Waals surface area contributed by atoms with E-state index >= 15 is 0 Å². The van der Waals surface area contributed by atoms with Gasteiger partial charge in [-0.15, -0.1) is 0 Å². The van der Waals surface area contributed by atoms with Crippen molar-refractivity contribution >= 4 is 5.97 Å². The molecule has 3 N–H and O–H groups in total. The van der Waals surface area contributed by atoms with E-state index in [1.54, 1.807) is 0 Å². The van der Waals surface area contributed by atoms with E-state index in [9.17, 15) is 9.90 Å². The van der Waals surface area contributed by atoms with Crippen molar-refractivity contribution in [1.29, 1.82) is 0 Å². The number of aliphatic hydroxyl groups excluding tert-OH is 1. The molecule has 1 aromatic rings. The average Bonchev–Trinajstić information content (AvgIpc) is 2.47. The first kappa shape index (κ1) is 15.0. The van der Waals surface area contributed by atoms with E-state index in [2.05, 4.69) is 5.32 Å². The maximum Gasteiger partial charge on any atom is 0.307 e. The molecular weight excluding hydrogens is 258 g/mol. The maximum absolute atomic E-state index is 10.9. The van der Waals surface area contributed by atoms with Gasteiger partial charge in [0.2, 0.25) is 0 Å². The van der Waals surface area contributed by atoms with Crippen molar-refractivity contribution in [1.82, 2.24) is 5.32 Å². The quantitative estimate of drug-likeness (QED) is 0.722. The molecule has 0 spiro atoms. The molecule has 1 heterocycles. The molecule has 1 aromatic carbocycles. The lowest BCUT2D eigenvalue weighted by atomic mass is 9.90. The van der Waals surface area contributed by atoms with Crippen LogP contribution in [-0.4, -0.2) is 41.5 Å². The van der Waals surface area contributed by atoms with Crippen LogP contribution in [-0.2, 0) is 22.5 Å². The summed E-state index contributed by atoms with van der Waals surface area (Å²) in [6, 6.07) is 7.51. The minimum absolute atomic E-state index is 0.0209. The zero-order chi connectivity index (χ0) is 14.4. The summed E-state index contributed by atoms with van der Waals surface area (Å²) in [5.74, 6) is -0.833. The first-order valence-corrected chi connectivity index (χ1v) is 6.87. The first-order valence-electron chi connectivity index (χ1n) is 6.87. The van der Waals surface area contributed by atoms with Crippen LogP contribution in [0.1, 0.15) is 24.0 Å². The highest BCUT2D eigenvalue weighted by Crippen LogP contribution is 2.21. The lowest BCUT2D eigenvalue weighted by Crippen LogP contribution is -2.51. The van der Waals surface area contributed by atoms with Crippen molar-refractivity contribution in [3.63, 3.8) is 0 Å². The minimum Gasteiger partial charge on any atom is -0.481 e. The highest BCUT2D eigenvalue weighted by Gasteiger charge is 2.31. The molecule has 0 aromatic heterocycles. The molecule has 0 saturated carbocycles. The van der Waals surface area contributed by atoms with E-state index in [1.165, 1.54) is 0 Å². The molecule has 5 heteroatoms. The number of rotatable bonds is 6. The Morgan fingerprint density at radius 3 is 2.50 bits per heavy atom. The molecule has 1 fully saturated rings. The third-order valence-corrected chi connectivity index (χ3v) is 3.87. The second-order valence-electron chi connectivity index (χ2n) is 5.24. The largest absolute Gasteiger partial charge is 0.481 e. The predicted octanol–water partition coefficient (Wildman–Crippen LogP) is 0.945. The summed E-state index contributed by atoms with van der Waals surface area (Å²) < 4.78 is 5.33. The smallest absolute Gasteiger partial charge is 0.307 e. The van der Waals surface area contributed by atoms with Crippen molar-refractivity contribution in [3.8, 4) is 0 Å². The van der Waals surface area contributed by atoms with E-state index in [1.807, 2.05) is 24.3 Å². The summed E-state index contributed by atoms with van der Waals surface area (Å²) in [7, 11) is 0. The number of carboxylic acid groups (broad SMARTS) is 1. The number of hydrogen-bond acceptors (Lipinski definition) is 4. The Balaban J connectivity index is 2.04. The Morgan fingerprint density at radius 1 is 1.25 bits per heavy atom. The highest BCUT2D eigenvalue weighted by molar-refractivity contribution is 5.70. The van der Waals surface area contributed by atoms with Crippen LogP contribution in [0, 0.1) is 0 Å². The van der Waals surface area contributed by atoms with Crippen molar-refractivity contribution in [2.45, 2.75) is 31.3 Å². The van der Waals surface area contributed by atoms with Gasteiger partial charge < -0.3 is 20.3 Å². The van der Waals surface area contributed by atoms with Crippen molar-refractivity contribution < 1.29 is 19.7 Å². The molecule has 0 amide bonds. The number of hydrogen-bond donors (Lipinski definition) is 3. The fourth-order valence-electron chi connectivity index (χ4n) is 2.50. The Morgan fingerprint density at radius 2 is 1.90 bits per heavy atom. The zero-order valence-electron chi connectivity index (χ0n) is 11.5. The molecule has 1 saturated heterocycles. The first-order chi connectivity index (χ1) is 9.65. The Kier molecular flexibility index (Phi) is 5.11. The van der Waals surface area contributed by atoms with E-state index < -0.39 is 5.97 Å². The molecule has 1 aliphatic heterocycles. The monoisotopic (exact) mass is 279 g/mol. The van der Waals surface area contributed by atoms with E-state index in [0.717, 1.165) is 24.0 Å². The van der Waals surface area contributed by atoms with E-state index in [0.29, 0.717) is 19.8 Å². The summed E-state index contributed by atoms with van der Waals surface area (Å²) in [5, 5.41) is 21.9. The van der Waals surface area contributed by atoms with Gasteiger partial charge in [-0.25, -0.2) is 0 Å². The molecule has 1 aliphatic rings. The van der Waals surface area contributed by atoms with Gasteiger partial charge >= 0.3 is 5.97 Å². The summed E-state index contributed by atoms with van der Waals surface area (Å²) in [6.07, 6.45) is 1.56. The maximum atomic E-state index is 10.9. The molecule has 20 heavy (non-hydrogen) atoms. The average molecular weight is 279 g/mol. The molecular formula is C15H21NO4. The fraction of sp³-hybridized carbons (Fsp3) is 0.533. The second-order valence-corrected chi connectivity index (χ2v) is 5.24. The van der Waals surface area contributed by atoms with E-state index in [4.69, 9.17) is 9.84 Å². The van der Waals surface area contributed by atoms with Crippen LogP contribution < -0.4 is 5.32 Å². The summed E-state index contributed by atoms with van der Waals surface area (Å²) in [5.41, 5.74) is 1.47. The molecule has 5 nitrogen and oxygen atoms in total. The van der Waals surface area contributed by atoms with Gasteiger partial charge in [-0.3, -0.25) is 4.79 Å². The summed E-state index contributed by atoms with van der Waals surface area (Å²) in [4.78, 5) is 10.9. The molecule has 0 atom stereocenters. The van der Waals surface area contributed by atoms with Crippen LogP contribution in [0.25, 0.3) is 0 Å². The third kappa shape index (κ3) is 3.79. The number of nitrogens with one attached hydrogen (secondary N) is 1. The van der Waals surface area contributed by atoms with Gasteiger partial charge in [-0.2, -0.15) is 0 Å². The Labute approximate surface area is 118 Å². The van der Waals surface area contributed by atoms with Gasteiger partial charge in [0.25, 0.3) is 0 Å². The lowest BCUT2D eigenvalue weighted by Gasteiger charge is -2.36. The number of aliphatic hydroxyl groups is 1.